The first-order valence-electron chi connectivity index (χ1n) is 11.1. The summed E-state index contributed by atoms with van der Waals surface area (Å²) < 4.78 is 5.16. The van der Waals surface area contributed by atoms with E-state index in [1.807, 2.05) is 6.07 Å². The molecule has 0 saturated heterocycles. The maximum absolute atomic E-state index is 12.1. The molecule has 1 aromatic rings. The summed E-state index contributed by atoms with van der Waals surface area (Å²) in [4.78, 5) is 23.5. The fourth-order valence-electron chi connectivity index (χ4n) is 8.11. The van der Waals surface area contributed by atoms with Gasteiger partial charge in [0, 0.05) is 24.3 Å². The summed E-state index contributed by atoms with van der Waals surface area (Å²) in [6.07, 6.45) is 10.1. The van der Waals surface area contributed by atoms with Gasteiger partial charge < -0.3 is 9.52 Å². The van der Waals surface area contributed by atoms with Crippen LogP contribution in [0.3, 0.4) is 0 Å². The van der Waals surface area contributed by atoms with Gasteiger partial charge in [-0.3, -0.25) is 4.79 Å². The third-order valence-corrected chi connectivity index (χ3v) is 9.79. The molecule has 7 atom stereocenters. The molecule has 152 valence electrons. The average molecular weight is 385 g/mol. The molecular weight excluding hydrogens is 352 g/mol. The third-order valence-electron chi connectivity index (χ3n) is 9.79. The SMILES string of the molecule is C[C@]12CCC(=O)C[C@H]1CC[C@@H]1[C@@H]2CC[C@]2(C)[C@H](c3ccc(=O)oc3)CC[C@]12O. The lowest BCUT2D eigenvalue weighted by molar-refractivity contribution is -0.200. The number of carbonyl (C=O) groups excluding carboxylic acids is 1. The second-order valence-electron chi connectivity index (χ2n) is 10.6. The van der Waals surface area contributed by atoms with Crippen LogP contribution in [-0.4, -0.2) is 16.5 Å². The smallest absolute Gasteiger partial charge is 0.335 e. The molecule has 4 saturated carbocycles. The maximum atomic E-state index is 12.1. The molecule has 28 heavy (non-hydrogen) atoms. The second kappa shape index (κ2) is 6.04. The fourth-order valence-corrected chi connectivity index (χ4v) is 8.11. The topological polar surface area (TPSA) is 67.5 Å². The highest BCUT2D eigenvalue weighted by Crippen LogP contribution is 2.70. The zero-order valence-corrected chi connectivity index (χ0v) is 17.1. The van der Waals surface area contributed by atoms with Gasteiger partial charge in [-0.25, -0.2) is 4.79 Å². The Morgan fingerprint density at radius 2 is 1.82 bits per heavy atom. The van der Waals surface area contributed by atoms with Crippen molar-refractivity contribution in [1.82, 2.24) is 0 Å². The summed E-state index contributed by atoms with van der Waals surface area (Å²) in [5.74, 6) is 2.02. The molecule has 4 fully saturated rings. The van der Waals surface area contributed by atoms with Gasteiger partial charge >= 0.3 is 5.63 Å². The molecule has 0 radical (unpaired) electrons. The zero-order chi connectivity index (χ0) is 19.7. The van der Waals surface area contributed by atoms with Gasteiger partial charge in [-0.05, 0) is 85.7 Å². The highest BCUT2D eigenvalue weighted by Gasteiger charge is 2.67. The molecule has 1 N–H and O–H groups in total. The molecule has 0 bridgehead atoms. The number of ketones is 1. The monoisotopic (exact) mass is 384 g/mol. The van der Waals surface area contributed by atoms with Crippen LogP contribution >= 0.6 is 0 Å². The largest absolute Gasteiger partial charge is 0.431 e. The van der Waals surface area contributed by atoms with Crippen molar-refractivity contribution < 1.29 is 14.3 Å². The van der Waals surface area contributed by atoms with Gasteiger partial charge in [-0.2, -0.15) is 0 Å². The highest BCUT2D eigenvalue weighted by molar-refractivity contribution is 5.79. The van der Waals surface area contributed by atoms with E-state index in [0.29, 0.717) is 23.5 Å². The molecule has 1 heterocycles. The lowest BCUT2D eigenvalue weighted by Crippen LogP contribution is -2.61. The summed E-state index contributed by atoms with van der Waals surface area (Å²) in [6.45, 7) is 4.68. The van der Waals surface area contributed by atoms with Gasteiger partial charge in [0.05, 0.1) is 11.9 Å². The van der Waals surface area contributed by atoms with Crippen molar-refractivity contribution >= 4 is 5.78 Å². The zero-order valence-electron chi connectivity index (χ0n) is 17.1. The van der Waals surface area contributed by atoms with E-state index in [4.69, 9.17) is 4.42 Å². The van der Waals surface area contributed by atoms with E-state index in [-0.39, 0.29) is 22.4 Å². The molecule has 0 aliphatic heterocycles. The average Bonchev–Trinajstić information content (AvgIpc) is 2.95. The Morgan fingerprint density at radius 1 is 1.00 bits per heavy atom. The lowest BCUT2D eigenvalue weighted by atomic mass is 9.43. The van der Waals surface area contributed by atoms with Crippen LogP contribution in [0.15, 0.2) is 27.6 Å². The van der Waals surface area contributed by atoms with Gasteiger partial charge in [0.2, 0.25) is 0 Å². The molecule has 0 aromatic carbocycles. The van der Waals surface area contributed by atoms with Crippen LogP contribution in [0.25, 0.3) is 0 Å². The normalized spacial score (nSPS) is 47.9. The number of fused-ring (bicyclic) bond motifs is 5. The van der Waals surface area contributed by atoms with Gasteiger partial charge in [0.25, 0.3) is 0 Å². The Bertz CT molecular complexity index is 838. The predicted molar refractivity (Wildman–Crippen MR) is 106 cm³/mol. The quantitative estimate of drug-likeness (QED) is 0.777. The Labute approximate surface area is 166 Å². The minimum absolute atomic E-state index is 0.179. The Kier molecular flexibility index (Phi) is 4.01. The van der Waals surface area contributed by atoms with E-state index < -0.39 is 5.60 Å². The number of hydrogen-bond donors (Lipinski definition) is 1. The lowest BCUT2D eigenvalue weighted by Gasteiger charge is -2.63. The molecule has 5 rings (SSSR count). The number of Topliss-reactive ketones (excluding diaryl/α,β-unsaturated/α-hetero) is 1. The van der Waals surface area contributed by atoms with E-state index in [0.717, 1.165) is 63.4 Å². The van der Waals surface area contributed by atoms with Gasteiger partial charge in [-0.15, -0.1) is 0 Å². The van der Waals surface area contributed by atoms with Crippen LogP contribution < -0.4 is 5.63 Å². The molecule has 0 unspecified atom stereocenters. The van der Waals surface area contributed by atoms with Crippen molar-refractivity contribution in [2.75, 3.05) is 0 Å². The van der Waals surface area contributed by atoms with Crippen LogP contribution in [0.2, 0.25) is 0 Å². The second-order valence-corrected chi connectivity index (χ2v) is 10.6. The van der Waals surface area contributed by atoms with Crippen molar-refractivity contribution in [3.63, 3.8) is 0 Å². The Hall–Kier alpha value is -1.42. The van der Waals surface area contributed by atoms with E-state index in [1.54, 1.807) is 6.26 Å². The number of aliphatic hydroxyl groups is 1. The van der Waals surface area contributed by atoms with Gasteiger partial charge in [0.1, 0.15) is 5.78 Å². The van der Waals surface area contributed by atoms with Crippen molar-refractivity contribution in [2.45, 2.75) is 83.2 Å². The number of hydrogen-bond acceptors (Lipinski definition) is 4. The molecule has 1 aromatic heterocycles. The summed E-state index contributed by atoms with van der Waals surface area (Å²) in [5, 5.41) is 12.1. The molecule has 4 heteroatoms. The van der Waals surface area contributed by atoms with Crippen molar-refractivity contribution in [3.05, 3.63) is 34.4 Å². The minimum Gasteiger partial charge on any atom is -0.431 e. The molecule has 4 aliphatic carbocycles. The van der Waals surface area contributed by atoms with Crippen LogP contribution in [0.1, 0.15) is 83.1 Å². The molecular formula is C24H32O4. The van der Waals surface area contributed by atoms with Crippen LogP contribution in [-0.2, 0) is 4.79 Å². The van der Waals surface area contributed by atoms with E-state index >= 15 is 0 Å². The summed E-state index contributed by atoms with van der Waals surface area (Å²) in [6, 6.07) is 3.40. The number of carbonyl (C=O) groups is 1. The van der Waals surface area contributed by atoms with Crippen LogP contribution in [0, 0.1) is 28.6 Å². The molecule has 4 aliphatic rings. The molecule has 0 amide bonds. The van der Waals surface area contributed by atoms with E-state index in [2.05, 4.69) is 13.8 Å². The summed E-state index contributed by atoms with van der Waals surface area (Å²) >= 11 is 0. The Balaban J connectivity index is 1.49. The van der Waals surface area contributed by atoms with Gasteiger partial charge in [0.15, 0.2) is 0 Å². The summed E-state index contributed by atoms with van der Waals surface area (Å²) in [5.41, 5.74) is 0.1000. The van der Waals surface area contributed by atoms with E-state index in [9.17, 15) is 14.7 Å². The van der Waals surface area contributed by atoms with Crippen LogP contribution in [0.4, 0.5) is 0 Å². The molecule has 4 nitrogen and oxygen atoms in total. The fraction of sp³-hybridized carbons (Fsp3) is 0.750. The number of rotatable bonds is 1. The van der Waals surface area contributed by atoms with Crippen molar-refractivity contribution in [3.8, 4) is 0 Å². The minimum atomic E-state index is -0.661. The van der Waals surface area contributed by atoms with Gasteiger partial charge in [-0.1, -0.05) is 13.8 Å². The first-order chi connectivity index (χ1) is 13.3. The van der Waals surface area contributed by atoms with Crippen molar-refractivity contribution in [2.24, 2.45) is 28.6 Å². The first-order valence-corrected chi connectivity index (χ1v) is 11.1. The van der Waals surface area contributed by atoms with Crippen molar-refractivity contribution in [1.29, 1.82) is 0 Å². The highest BCUT2D eigenvalue weighted by atomic mass is 16.4. The van der Waals surface area contributed by atoms with E-state index in [1.165, 1.54) is 6.07 Å². The first kappa shape index (κ1) is 18.6. The predicted octanol–water partition coefficient (Wildman–Crippen LogP) is 4.45. The Morgan fingerprint density at radius 3 is 2.57 bits per heavy atom. The molecule has 0 spiro atoms. The third kappa shape index (κ3) is 2.33. The summed E-state index contributed by atoms with van der Waals surface area (Å²) in [7, 11) is 0. The van der Waals surface area contributed by atoms with Crippen LogP contribution in [0.5, 0.6) is 0 Å². The standard InChI is InChI=1S/C24H32O4/c1-22-10-7-17(25)13-16(22)4-5-20-19(22)8-11-23(2)18(9-12-24(20,23)27)15-3-6-21(26)28-14-15/h3,6,14,16,18-20,27H,4-5,7-13H2,1-2H3/t16-,18+,19+,20-,22+,23-,24+/m1/s1. The maximum Gasteiger partial charge on any atom is 0.335 e.